The first kappa shape index (κ1) is 11.9. The molecule has 1 heterocycles. The van der Waals surface area contributed by atoms with Crippen molar-refractivity contribution in [2.45, 2.75) is 0 Å². The highest BCUT2D eigenvalue weighted by Crippen LogP contribution is 2.30. The number of halogens is 1. The Kier molecular flexibility index (Phi) is 3.62. The summed E-state index contributed by atoms with van der Waals surface area (Å²) in [4.78, 5) is 7.99. The average Bonchev–Trinajstić information content (AvgIpc) is 2.32. The second kappa shape index (κ2) is 5.17. The molecular formula is C11H11IN4O. The van der Waals surface area contributed by atoms with Gasteiger partial charge in [0.1, 0.15) is 6.33 Å². The van der Waals surface area contributed by atoms with E-state index in [1.807, 2.05) is 24.3 Å². The Labute approximate surface area is 113 Å². The number of nitrogen functional groups attached to an aromatic ring is 1. The van der Waals surface area contributed by atoms with Crippen LogP contribution < -0.4 is 15.8 Å². The average molecular weight is 342 g/mol. The van der Waals surface area contributed by atoms with Crippen LogP contribution in [0.25, 0.3) is 0 Å². The summed E-state index contributed by atoms with van der Waals surface area (Å²) in [5.41, 5.74) is 6.65. The normalized spacial score (nSPS) is 10.0. The van der Waals surface area contributed by atoms with E-state index in [1.165, 1.54) is 13.4 Å². The van der Waals surface area contributed by atoms with Gasteiger partial charge in [-0.3, -0.25) is 0 Å². The fourth-order valence-corrected chi connectivity index (χ4v) is 1.89. The molecule has 0 spiro atoms. The summed E-state index contributed by atoms with van der Waals surface area (Å²) in [6.45, 7) is 0. The lowest BCUT2D eigenvalue weighted by Gasteiger charge is -2.11. The maximum absolute atomic E-state index is 5.71. The molecule has 0 atom stereocenters. The SMILES string of the molecule is COc1c(N)ncnc1Nc1ccccc1I. The summed E-state index contributed by atoms with van der Waals surface area (Å²) in [7, 11) is 1.54. The third-order valence-corrected chi connectivity index (χ3v) is 3.10. The number of anilines is 3. The highest BCUT2D eigenvalue weighted by molar-refractivity contribution is 14.1. The van der Waals surface area contributed by atoms with Crippen LogP contribution in [0.5, 0.6) is 5.75 Å². The van der Waals surface area contributed by atoms with Crippen LogP contribution in [-0.2, 0) is 0 Å². The van der Waals surface area contributed by atoms with Crippen molar-refractivity contribution in [3.05, 3.63) is 34.2 Å². The number of nitrogens with two attached hydrogens (primary N) is 1. The van der Waals surface area contributed by atoms with E-state index in [-0.39, 0.29) is 0 Å². The molecule has 2 aromatic rings. The van der Waals surface area contributed by atoms with E-state index in [2.05, 4.69) is 37.9 Å². The van der Waals surface area contributed by atoms with Gasteiger partial charge in [0.2, 0.25) is 5.75 Å². The Bertz CT molecular complexity index is 533. The molecule has 88 valence electrons. The van der Waals surface area contributed by atoms with Gasteiger partial charge in [0.15, 0.2) is 11.6 Å². The fraction of sp³-hybridized carbons (Fsp3) is 0.0909. The van der Waals surface area contributed by atoms with Gasteiger partial charge in [-0.2, -0.15) is 0 Å². The molecule has 0 aliphatic heterocycles. The minimum atomic E-state index is 0.316. The molecule has 17 heavy (non-hydrogen) atoms. The standard InChI is InChI=1S/C11H11IN4O/c1-17-9-10(13)14-6-15-11(9)16-8-5-3-2-4-7(8)12/h2-6H,1H3,(H3,13,14,15,16). The highest BCUT2D eigenvalue weighted by atomic mass is 127. The third-order valence-electron chi connectivity index (χ3n) is 2.16. The maximum atomic E-state index is 5.71. The van der Waals surface area contributed by atoms with Crippen LogP contribution in [-0.4, -0.2) is 17.1 Å². The third kappa shape index (κ3) is 2.57. The van der Waals surface area contributed by atoms with Gasteiger partial charge in [0.25, 0.3) is 0 Å². The lowest BCUT2D eigenvalue weighted by atomic mass is 10.3. The molecule has 0 aliphatic carbocycles. The van der Waals surface area contributed by atoms with Crippen molar-refractivity contribution in [1.82, 2.24) is 9.97 Å². The van der Waals surface area contributed by atoms with Crippen molar-refractivity contribution in [3.8, 4) is 5.75 Å². The predicted molar refractivity (Wildman–Crippen MR) is 75.4 cm³/mol. The van der Waals surface area contributed by atoms with Crippen LogP contribution in [0.4, 0.5) is 17.3 Å². The zero-order valence-corrected chi connectivity index (χ0v) is 11.3. The van der Waals surface area contributed by atoms with Gasteiger partial charge in [0, 0.05) is 3.57 Å². The van der Waals surface area contributed by atoms with Crippen molar-refractivity contribution in [1.29, 1.82) is 0 Å². The summed E-state index contributed by atoms with van der Waals surface area (Å²) in [5, 5.41) is 3.17. The van der Waals surface area contributed by atoms with Crippen molar-refractivity contribution in [2.24, 2.45) is 0 Å². The molecule has 0 saturated heterocycles. The van der Waals surface area contributed by atoms with Gasteiger partial charge in [-0.1, -0.05) is 12.1 Å². The molecule has 3 N–H and O–H groups in total. The van der Waals surface area contributed by atoms with E-state index in [9.17, 15) is 0 Å². The maximum Gasteiger partial charge on any atom is 0.204 e. The fourth-order valence-electron chi connectivity index (χ4n) is 1.37. The summed E-state index contributed by atoms with van der Waals surface area (Å²) >= 11 is 2.24. The Morgan fingerprint density at radius 3 is 2.76 bits per heavy atom. The Morgan fingerprint density at radius 1 is 1.29 bits per heavy atom. The predicted octanol–water partition coefficient (Wildman–Crippen LogP) is 2.42. The topological polar surface area (TPSA) is 73.1 Å². The number of hydrogen-bond acceptors (Lipinski definition) is 5. The van der Waals surface area contributed by atoms with Gasteiger partial charge >= 0.3 is 0 Å². The zero-order chi connectivity index (χ0) is 12.3. The van der Waals surface area contributed by atoms with E-state index in [4.69, 9.17) is 10.5 Å². The molecule has 0 aliphatic rings. The molecule has 0 fully saturated rings. The first-order valence-electron chi connectivity index (χ1n) is 4.88. The number of nitrogens with one attached hydrogen (secondary N) is 1. The summed E-state index contributed by atoms with van der Waals surface area (Å²) in [5.74, 6) is 1.33. The van der Waals surface area contributed by atoms with Gasteiger partial charge in [0.05, 0.1) is 12.8 Å². The monoisotopic (exact) mass is 342 g/mol. The first-order valence-corrected chi connectivity index (χ1v) is 5.96. The number of para-hydroxylation sites is 1. The molecule has 0 radical (unpaired) electrons. The van der Waals surface area contributed by atoms with Crippen LogP contribution in [0.1, 0.15) is 0 Å². The number of aromatic nitrogens is 2. The lowest BCUT2D eigenvalue weighted by Crippen LogP contribution is -2.03. The van der Waals surface area contributed by atoms with Crippen LogP contribution in [0.15, 0.2) is 30.6 Å². The van der Waals surface area contributed by atoms with Gasteiger partial charge in [-0.15, -0.1) is 0 Å². The highest BCUT2D eigenvalue weighted by Gasteiger charge is 2.10. The van der Waals surface area contributed by atoms with Crippen LogP contribution in [0.2, 0.25) is 0 Å². The van der Waals surface area contributed by atoms with Gasteiger partial charge < -0.3 is 15.8 Å². The number of hydrogen-bond donors (Lipinski definition) is 2. The second-order valence-electron chi connectivity index (χ2n) is 3.25. The van der Waals surface area contributed by atoms with Crippen LogP contribution in [0.3, 0.4) is 0 Å². The molecule has 5 nitrogen and oxygen atoms in total. The number of ether oxygens (including phenoxy) is 1. The quantitative estimate of drug-likeness (QED) is 0.838. The number of methoxy groups -OCH3 is 1. The molecule has 1 aromatic carbocycles. The molecule has 0 saturated carbocycles. The van der Waals surface area contributed by atoms with E-state index >= 15 is 0 Å². The molecule has 6 heteroatoms. The molecule has 0 unspecified atom stereocenters. The number of nitrogens with zero attached hydrogens (tertiary/aromatic N) is 2. The number of benzene rings is 1. The van der Waals surface area contributed by atoms with E-state index in [1.54, 1.807) is 0 Å². The summed E-state index contributed by atoms with van der Waals surface area (Å²) in [6, 6.07) is 7.87. The van der Waals surface area contributed by atoms with Crippen molar-refractivity contribution >= 4 is 39.9 Å². The second-order valence-corrected chi connectivity index (χ2v) is 4.41. The van der Waals surface area contributed by atoms with Crippen LogP contribution in [0, 0.1) is 3.57 Å². The van der Waals surface area contributed by atoms with Crippen molar-refractivity contribution in [2.75, 3.05) is 18.2 Å². The summed E-state index contributed by atoms with van der Waals surface area (Å²) in [6.07, 6.45) is 1.40. The van der Waals surface area contributed by atoms with Crippen molar-refractivity contribution in [3.63, 3.8) is 0 Å². The number of rotatable bonds is 3. The lowest BCUT2D eigenvalue weighted by molar-refractivity contribution is 0.415. The van der Waals surface area contributed by atoms with Gasteiger partial charge in [-0.05, 0) is 34.7 Å². The first-order chi connectivity index (χ1) is 8.22. The van der Waals surface area contributed by atoms with Crippen LogP contribution >= 0.6 is 22.6 Å². The largest absolute Gasteiger partial charge is 0.490 e. The van der Waals surface area contributed by atoms with Gasteiger partial charge in [-0.25, -0.2) is 9.97 Å². The Morgan fingerprint density at radius 2 is 2.06 bits per heavy atom. The Balaban J connectivity index is 2.37. The summed E-state index contributed by atoms with van der Waals surface area (Å²) < 4.78 is 6.26. The molecule has 1 aromatic heterocycles. The molecule has 0 bridgehead atoms. The van der Waals surface area contributed by atoms with E-state index < -0.39 is 0 Å². The minimum absolute atomic E-state index is 0.316. The van der Waals surface area contributed by atoms with Crippen molar-refractivity contribution < 1.29 is 4.74 Å². The molecule has 0 amide bonds. The molecular weight excluding hydrogens is 331 g/mol. The Hall–Kier alpha value is -1.57. The van der Waals surface area contributed by atoms with E-state index in [0.717, 1.165) is 9.26 Å². The zero-order valence-electron chi connectivity index (χ0n) is 9.14. The van der Waals surface area contributed by atoms with E-state index in [0.29, 0.717) is 17.4 Å². The smallest absolute Gasteiger partial charge is 0.204 e. The minimum Gasteiger partial charge on any atom is -0.490 e. The molecule has 2 rings (SSSR count).